The summed E-state index contributed by atoms with van der Waals surface area (Å²) in [7, 11) is 0. The second kappa shape index (κ2) is 5.16. The molecule has 0 amide bonds. The lowest BCUT2D eigenvalue weighted by Gasteiger charge is -2.01. The minimum absolute atomic E-state index is 0.418. The van der Waals surface area contributed by atoms with Crippen LogP contribution in [0.4, 0.5) is 0 Å². The average Bonchev–Trinajstić information content (AvgIpc) is 2.98. The summed E-state index contributed by atoms with van der Waals surface area (Å²) in [4.78, 5) is 1.66. The van der Waals surface area contributed by atoms with E-state index in [4.69, 9.17) is 0 Å². The van der Waals surface area contributed by atoms with Crippen LogP contribution in [0.5, 0.6) is 0 Å². The van der Waals surface area contributed by atoms with E-state index >= 15 is 0 Å². The minimum Gasteiger partial charge on any atom is -0.316 e. The Morgan fingerprint density at radius 2 is 2.39 bits per heavy atom. The van der Waals surface area contributed by atoms with E-state index in [1.165, 1.54) is 0 Å². The van der Waals surface area contributed by atoms with Crippen LogP contribution in [0, 0.1) is 0 Å². The lowest BCUT2D eigenvalue weighted by molar-refractivity contribution is 0.567. The lowest BCUT2D eigenvalue weighted by atomic mass is 10.1. The Morgan fingerprint density at radius 3 is 3.17 bits per heavy atom. The van der Waals surface area contributed by atoms with Crippen molar-refractivity contribution in [3.05, 3.63) is 40.1 Å². The van der Waals surface area contributed by atoms with Gasteiger partial charge < -0.3 is 5.32 Å². The number of rotatable bonds is 3. The molecular formula is C12H14BrN5. The first-order valence-corrected chi connectivity index (χ1v) is 6.83. The highest BCUT2D eigenvalue weighted by Gasteiger charge is 2.21. The zero-order chi connectivity index (χ0) is 12.4. The number of benzene rings is 1. The summed E-state index contributed by atoms with van der Waals surface area (Å²) in [5, 5.41) is 16.0. The van der Waals surface area contributed by atoms with Gasteiger partial charge in [0.05, 0.1) is 6.54 Å². The average molecular weight is 308 g/mol. The van der Waals surface area contributed by atoms with Gasteiger partial charge in [-0.2, -0.15) is 4.80 Å². The van der Waals surface area contributed by atoms with E-state index in [0.29, 0.717) is 12.5 Å². The van der Waals surface area contributed by atoms with E-state index in [2.05, 4.69) is 48.8 Å². The van der Waals surface area contributed by atoms with E-state index in [-0.39, 0.29) is 0 Å². The molecule has 0 radical (unpaired) electrons. The molecule has 3 rings (SSSR count). The first-order chi connectivity index (χ1) is 8.81. The van der Waals surface area contributed by atoms with E-state index in [1.807, 2.05) is 12.1 Å². The van der Waals surface area contributed by atoms with Crippen molar-refractivity contribution in [2.45, 2.75) is 18.9 Å². The van der Waals surface area contributed by atoms with Crippen LogP contribution in [0.2, 0.25) is 0 Å². The molecule has 94 valence electrons. The number of nitrogens with zero attached hydrogens (tertiary/aromatic N) is 4. The molecule has 1 aliphatic heterocycles. The van der Waals surface area contributed by atoms with Gasteiger partial charge in [0, 0.05) is 16.9 Å². The van der Waals surface area contributed by atoms with Gasteiger partial charge in [-0.25, -0.2) is 0 Å². The highest BCUT2D eigenvalue weighted by atomic mass is 79.9. The number of hydrogen-bond donors (Lipinski definition) is 1. The number of aromatic nitrogens is 4. The van der Waals surface area contributed by atoms with E-state index in [1.54, 1.807) is 4.80 Å². The van der Waals surface area contributed by atoms with Crippen LogP contribution >= 0.6 is 15.9 Å². The molecule has 0 spiro atoms. The third-order valence-electron chi connectivity index (χ3n) is 3.11. The molecule has 0 aliphatic carbocycles. The molecule has 1 aromatic carbocycles. The minimum atomic E-state index is 0.418. The van der Waals surface area contributed by atoms with Crippen molar-refractivity contribution >= 4 is 15.9 Å². The molecule has 1 aliphatic rings. The van der Waals surface area contributed by atoms with Gasteiger partial charge in [-0.05, 0) is 35.9 Å². The zero-order valence-corrected chi connectivity index (χ0v) is 11.5. The van der Waals surface area contributed by atoms with Crippen LogP contribution < -0.4 is 5.32 Å². The maximum absolute atomic E-state index is 4.46. The van der Waals surface area contributed by atoms with Crippen LogP contribution in [0.25, 0.3) is 0 Å². The molecule has 6 heteroatoms. The Bertz CT molecular complexity index is 533. The van der Waals surface area contributed by atoms with E-state index < -0.39 is 0 Å². The van der Waals surface area contributed by atoms with Crippen molar-refractivity contribution in [3.63, 3.8) is 0 Å². The van der Waals surface area contributed by atoms with Gasteiger partial charge in [-0.15, -0.1) is 10.2 Å². The largest absolute Gasteiger partial charge is 0.316 e. The highest BCUT2D eigenvalue weighted by Crippen LogP contribution is 2.17. The standard InChI is InChI=1S/C12H14BrN5/c13-11-3-1-2-9(6-11)8-18-16-12(15-17-18)10-4-5-14-7-10/h1-3,6,10,14H,4-5,7-8H2. The Hall–Kier alpha value is -1.27. The Morgan fingerprint density at radius 1 is 1.44 bits per heavy atom. The van der Waals surface area contributed by atoms with Gasteiger partial charge in [0.2, 0.25) is 0 Å². The fourth-order valence-corrected chi connectivity index (χ4v) is 2.61. The van der Waals surface area contributed by atoms with E-state index in [9.17, 15) is 0 Å². The highest BCUT2D eigenvalue weighted by molar-refractivity contribution is 9.10. The van der Waals surface area contributed by atoms with Gasteiger partial charge in [-0.3, -0.25) is 0 Å². The van der Waals surface area contributed by atoms with Crippen molar-refractivity contribution in [2.75, 3.05) is 13.1 Å². The number of tetrazole rings is 1. The van der Waals surface area contributed by atoms with Crippen molar-refractivity contribution in [1.29, 1.82) is 0 Å². The van der Waals surface area contributed by atoms with Crippen molar-refractivity contribution in [2.24, 2.45) is 0 Å². The Kier molecular flexibility index (Phi) is 3.38. The molecule has 1 N–H and O–H groups in total. The number of hydrogen-bond acceptors (Lipinski definition) is 4. The summed E-state index contributed by atoms with van der Waals surface area (Å²) >= 11 is 3.46. The third-order valence-corrected chi connectivity index (χ3v) is 3.60. The number of halogens is 1. The summed E-state index contributed by atoms with van der Waals surface area (Å²) in [6, 6.07) is 8.15. The quantitative estimate of drug-likeness (QED) is 0.935. The summed E-state index contributed by atoms with van der Waals surface area (Å²) in [6.07, 6.45) is 1.10. The molecule has 1 saturated heterocycles. The van der Waals surface area contributed by atoms with E-state index in [0.717, 1.165) is 35.4 Å². The second-order valence-corrected chi connectivity index (χ2v) is 5.41. The fraction of sp³-hybridized carbons (Fsp3) is 0.417. The molecule has 0 saturated carbocycles. The van der Waals surface area contributed by atoms with Gasteiger partial charge >= 0.3 is 0 Å². The van der Waals surface area contributed by atoms with Crippen LogP contribution in [0.3, 0.4) is 0 Å². The van der Waals surface area contributed by atoms with Gasteiger partial charge in [0.15, 0.2) is 5.82 Å². The Balaban J connectivity index is 1.73. The molecule has 2 heterocycles. The summed E-state index contributed by atoms with van der Waals surface area (Å²) in [5.41, 5.74) is 1.16. The van der Waals surface area contributed by atoms with Gasteiger partial charge in [0.25, 0.3) is 0 Å². The third kappa shape index (κ3) is 2.59. The van der Waals surface area contributed by atoms with Gasteiger partial charge in [-0.1, -0.05) is 28.1 Å². The van der Waals surface area contributed by atoms with Crippen LogP contribution in [0.15, 0.2) is 28.7 Å². The molecular weight excluding hydrogens is 294 g/mol. The molecule has 5 nitrogen and oxygen atoms in total. The van der Waals surface area contributed by atoms with Crippen LogP contribution in [0.1, 0.15) is 23.7 Å². The topological polar surface area (TPSA) is 55.6 Å². The summed E-state index contributed by atoms with van der Waals surface area (Å²) in [6.45, 7) is 2.67. The van der Waals surface area contributed by atoms with Crippen molar-refractivity contribution < 1.29 is 0 Å². The normalized spacial score (nSPS) is 19.3. The predicted octanol–water partition coefficient (Wildman–Crippen LogP) is 1.56. The smallest absolute Gasteiger partial charge is 0.179 e. The molecule has 18 heavy (non-hydrogen) atoms. The van der Waals surface area contributed by atoms with Crippen molar-refractivity contribution in [3.8, 4) is 0 Å². The van der Waals surface area contributed by atoms with Crippen LogP contribution in [-0.4, -0.2) is 33.3 Å². The second-order valence-electron chi connectivity index (χ2n) is 4.50. The fourth-order valence-electron chi connectivity index (χ4n) is 2.16. The molecule has 1 unspecified atom stereocenters. The molecule has 0 bridgehead atoms. The first-order valence-electron chi connectivity index (χ1n) is 6.04. The SMILES string of the molecule is Brc1cccc(Cn2nnc(C3CCNC3)n2)c1. The lowest BCUT2D eigenvalue weighted by Crippen LogP contribution is -2.09. The molecule has 2 aromatic rings. The molecule has 1 atom stereocenters. The first kappa shape index (κ1) is 11.8. The van der Waals surface area contributed by atoms with Gasteiger partial charge in [0.1, 0.15) is 0 Å². The summed E-state index contributed by atoms with van der Waals surface area (Å²) < 4.78 is 1.07. The maximum Gasteiger partial charge on any atom is 0.179 e. The molecule has 1 fully saturated rings. The maximum atomic E-state index is 4.46. The monoisotopic (exact) mass is 307 g/mol. The van der Waals surface area contributed by atoms with Crippen LogP contribution in [-0.2, 0) is 6.54 Å². The zero-order valence-electron chi connectivity index (χ0n) is 9.88. The Labute approximate surface area is 114 Å². The predicted molar refractivity (Wildman–Crippen MR) is 71.3 cm³/mol. The molecule has 1 aromatic heterocycles. The summed E-state index contributed by atoms with van der Waals surface area (Å²) in [5.74, 6) is 1.27. The van der Waals surface area contributed by atoms with Crippen molar-refractivity contribution in [1.82, 2.24) is 25.5 Å². The number of nitrogens with one attached hydrogen (secondary N) is 1.